The van der Waals surface area contributed by atoms with Crippen LogP contribution in [0.1, 0.15) is 10.4 Å². The Morgan fingerprint density at radius 3 is 1.96 bits per heavy atom. The minimum absolute atomic E-state index is 0.160. The third kappa shape index (κ3) is 5.17. The second-order valence-corrected chi connectivity index (χ2v) is 11.3. The van der Waals surface area contributed by atoms with Crippen LogP contribution < -0.4 is 4.74 Å². The molecule has 0 bridgehead atoms. The van der Waals surface area contributed by atoms with Gasteiger partial charge in [-0.1, -0.05) is 0 Å². The van der Waals surface area contributed by atoms with E-state index in [-0.39, 0.29) is 23.3 Å². The van der Waals surface area contributed by atoms with Crippen molar-refractivity contribution in [1.82, 2.24) is 0 Å². The van der Waals surface area contributed by atoms with E-state index >= 15 is 0 Å². The summed E-state index contributed by atoms with van der Waals surface area (Å²) in [5.74, 6) is -0.472. The molecule has 0 atom stereocenters. The predicted molar refractivity (Wildman–Crippen MR) is 124 cm³/mol. The van der Waals surface area contributed by atoms with Gasteiger partial charge in [0.15, 0.2) is 0 Å². The van der Waals surface area contributed by atoms with Crippen LogP contribution in [0, 0.1) is 7.14 Å². The van der Waals surface area contributed by atoms with Crippen molar-refractivity contribution in [2.24, 2.45) is 0 Å². The molecule has 2 aromatic rings. The molecule has 0 spiro atoms. The van der Waals surface area contributed by atoms with Crippen LogP contribution in [0.3, 0.4) is 0 Å². The molecule has 2 rings (SSSR count). The molecule has 1 N–H and O–H groups in total. The average Bonchev–Trinajstić information content (AvgIpc) is 2.46. The summed E-state index contributed by atoms with van der Waals surface area (Å²) in [7, 11) is -4.36. The van der Waals surface area contributed by atoms with E-state index in [1.54, 1.807) is 51.2 Å². The summed E-state index contributed by atoms with van der Waals surface area (Å²) in [6, 6.07) is 4.31. The van der Waals surface area contributed by atoms with Crippen molar-refractivity contribution in [2.75, 3.05) is 0 Å². The van der Waals surface area contributed by atoms with Crippen LogP contribution in [0.4, 0.5) is 0 Å². The molecule has 12 heteroatoms. The van der Waals surface area contributed by atoms with Gasteiger partial charge in [0.2, 0.25) is 0 Å². The Labute approximate surface area is 204 Å². The topological polar surface area (TPSA) is 80.7 Å². The van der Waals surface area contributed by atoms with Crippen molar-refractivity contribution in [1.29, 1.82) is 0 Å². The van der Waals surface area contributed by atoms with Crippen molar-refractivity contribution >= 4 is 125 Å². The van der Waals surface area contributed by atoms with Gasteiger partial charge in [-0.15, -0.1) is 0 Å². The SMILES string of the molecule is O=C(Oc1cc(I)c(S(=O)(=O)O)c(I)c1)c1cc(Br)c(Br)c(Br)c1Br. The molecule has 0 aliphatic carbocycles. The number of halogens is 6. The Bertz CT molecular complexity index is 971. The fourth-order valence-electron chi connectivity index (χ4n) is 1.73. The first-order chi connectivity index (χ1) is 11.4. The molecule has 5 nitrogen and oxygen atoms in total. The van der Waals surface area contributed by atoms with Gasteiger partial charge >= 0.3 is 5.97 Å². The van der Waals surface area contributed by atoms with Crippen molar-refractivity contribution < 1.29 is 22.5 Å². The standard InChI is InChI=1S/C13H4Br4I2O5S/c14-6-3-5(9(15)11(17)10(6)16)13(20)24-4-1-7(18)12(8(19)2-4)25(21,22)23/h1-3H,(H,21,22,23). The monoisotopic (exact) mass is 841 g/mol. The zero-order valence-electron chi connectivity index (χ0n) is 11.5. The van der Waals surface area contributed by atoms with Gasteiger partial charge in [-0.25, -0.2) is 4.79 Å². The van der Waals surface area contributed by atoms with Gasteiger partial charge in [0.25, 0.3) is 10.1 Å². The third-order valence-electron chi connectivity index (χ3n) is 2.76. The summed E-state index contributed by atoms with van der Waals surface area (Å²) >= 11 is 16.9. The maximum atomic E-state index is 12.5. The molecule has 0 aliphatic heterocycles. The van der Waals surface area contributed by atoms with Crippen LogP contribution in [-0.4, -0.2) is 18.9 Å². The first-order valence-electron chi connectivity index (χ1n) is 5.95. The van der Waals surface area contributed by atoms with E-state index in [2.05, 4.69) is 63.7 Å². The molecule has 0 saturated carbocycles. The van der Waals surface area contributed by atoms with Crippen molar-refractivity contribution in [3.8, 4) is 5.75 Å². The lowest BCUT2D eigenvalue weighted by molar-refractivity contribution is 0.0733. The van der Waals surface area contributed by atoms with Gasteiger partial charge < -0.3 is 4.74 Å². The fourth-order valence-corrected chi connectivity index (χ4v) is 7.89. The number of hydrogen-bond acceptors (Lipinski definition) is 4. The maximum absolute atomic E-state index is 12.5. The number of rotatable bonds is 3. The number of esters is 1. The number of hydrogen-bond donors (Lipinski definition) is 1. The lowest BCUT2D eigenvalue weighted by Gasteiger charge is -2.11. The molecule has 0 aromatic heterocycles. The quantitative estimate of drug-likeness (QED) is 0.0966. The largest absolute Gasteiger partial charge is 0.423 e. The molecule has 0 radical (unpaired) electrons. The number of carbonyl (C=O) groups is 1. The highest BCUT2D eigenvalue weighted by Gasteiger charge is 2.22. The summed E-state index contributed by atoms with van der Waals surface area (Å²) in [6.45, 7) is 0. The minimum Gasteiger partial charge on any atom is -0.423 e. The Hall–Kier alpha value is 1.20. The second kappa shape index (κ2) is 8.69. The van der Waals surface area contributed by atoms with Gasteiger partial charge in [0, 0.05) is 25.0 Å². The molecular formula is C13H4Br4I2O5S. The molecule has 2 aromatic carbocycles. The van der Waals surface area contributed by atoms with Crippen molar-refractivity contribution in [3.63, 3.8) is 0 Å². The van der Waals surface area contributed by atoms with Crippen LogP contribution in [0.15, 0.2) is 41.0 Å². The number of carbonyl (C=O) groups excluding carboxylic acids is 1. The van der Waals surface area contributed by atoms with Crippen molar-refractivity contribution in [3.05, 3.63) is 48.8 Å². The predicted octanol–water partition coefficient (Wildman–Crippen LogP) is 6.41. The van der Waals surface area contributed by atoms with Gasteiger partial charge in [-0.2, -0.15) is 8.42 Å². The van der Waals surface area contributed by atoms with Gasteiger partial charge in [-0.05, 0) is 127 Å². The summed E-state index contributed by atoms with van der Waals surface area (Å²) in [5.41, 5.74) is 0.269. The second-order valence-electron chi connectivity index (χ2n) is 4.43. The van der Waals surface area contributed by atoms with Crippen LogP contribution in [0.25, 0.3) is 0 Å². The Kier molecular flexibility index (Phi) is 7.82. The van der Waals surface area contributed by atoms with E-state index < -0.39 is 16.1 Å². The van der Waals surface area contributed by atoms with Crippen LogP contribution >= 0.6 is 109 Å². The molecule has 0 unspecified atom stereocenters. The number of benzene rings is 2. The first-order valence-corrected chi connectivity index (χ1v) is 12.7. The fraction of sp³-hybridized carbons (Fsp3) is 0. The summed E-state index contributed by atoms with van der Waals surface area (Å²) in [6.07, 6.45) is 0. The summed E-state index contributed by atoms with van der Waals surface area (Å²) < 4.78 is 40.4. The normalized spacial score (nSPS) is 11.5. The Morgan fingerprint density at radius 1 is 0.960 bits per heavy atom. The molecular weight excluding hydrogens is 842 g/mol. The highest BCUT2D eigenvalue weighted by Crippen LogP contribution is 2.39. The molecule has 0 aliphatic rings. The molecule has 0 saturated heterocycles. The smallest absolute Gasteiger partial charge is 0.344 e. The van der Waals surface area contributed by atoms with E-state index in [1.807, 2.05) is 0 Å². The molecule has 0 amide bonds. The van der Waals surface area contributed by atoms with Gasteiger partial charge in [0.1, 0.15) is 10.6 Å². The lowest BCUT2D eigenvalue weighted by atomic mass is 10.2. The van der Waals surface area contributed by atoms with E-state index in [1.165, 1.54) is 12.1 Å². The van der Waals surface area contributed by atoms with Crippen LogP contribution in [0.2, 0.25) is 0 Å². The van der Waals surface area contributed by atoms with E-state index in [4.69, 9.17) is 4.74 Å². The lowest BCUT2D eigenvalue weighted by Crippen LogP contribution is -2.11. The summed E-state index contributed by atoms with van der Waals surface area (Å²) in [5, 5.41) is 0. The highest BCUT2D eigenvalue weighted by molar-refractivity contribution is 14.1. The third-order valence-corrected chi connectivity index (χ3v) is 10.8. The van der Waals surface area contributed by atoms with Gasteiger partial charge in [0.05, 0.1) is 5.56 Å². The first kappa shape index (κ1) is 22.5. The van der Waals surface area contributed by atoms with E-state index in [0.29, 0.717) is 13.4 Å². The number of ether oxygens (including phenoxy) is 1. The average molecular weight is 846 g/mol. The Balaban J connectivity index is 2.43. The molecule has 0 fully saturated rings. The van der Waals surface area contributed by atoms with E-state index in [0.717, 1.165) is 4.47 Å². The van der Waals surface area contributed by atoms with Crippen LogP contribution in [-0.2, 0) is 10.1 Å². The molecule has 134 valence electrons. The summed E-state index contributed by atoms with van der Waals surface area (Å²) in [4.78, 5) is 12.3. The Morgan fingerprint density at radius 2 is 1.48 bits per heavy atom. The van der Waals surface area contributed by atoms with Crippen LogP contribution in [0.5, 0.6) is 5.75 Å². The molecule has 25 heavy (non-hydrogen) atoms. The van der Waals surface area contributed by atoms with E-state index in [9.17, 15) is 17.8 Å². The maximum Gasteiger partial charge on any atom is 0.344 e. The zero-order valence-corrected chi connectivity index (χ0v) is 23.0. The van der Waals surface area contributed by atoms with Crippen molar-refractivity contribution in [2.45, 2.75) is 4.90 Å². The minimum atomic E-state index is -4.36. The van der Waals surface area contributed by atoms with Gasteiger partial charge in [-0.3, -0.25) is 4.55 Å². The molecule has 0 heterocycles. The zero-order chi connectivity index (χ0) is 19.1. The highest BCUT2D eigenvalue weighted by atomic mass is 127.